The highest BCUT2D eigenvalue weighted by Gasteiger charge is 2.39. The van der Waals surface area contributed by atoms with Crippen molar-refractivity contribution in [3.63, 3.8) is 0 Å². The molecule has 2 unspecified atom stereocenters. The van der Waals surface area contributed by atoms with Crippen molar-refractivity contribution in [3.8, 4) is 0 Å². The van der Waals surface area contributed by atoms with Gasteiger partial charge in [-0.25, -0.2) is 13.2 Å². The molecule has 1 aromatic heterocycles. The van der Waals surface area contributed by atoms with E-state index in [0.29, 0.717) is 18.8 Å². The van der Waals surface area contributed by atoms with Gasteiger partial charge in [-0.05, 0) is 26.2 Å². The molecule has 0 radical (unpaired) electrons. The maximum Gasteiger partial charge on any atom is 0.320 e. The molecule has 8 nitrogen and oxygen atoms in total. The zero-order valence-corrected chi connectivity index (χ0v) is 14.9. The Morgan fingerprint density at radius 2 is 2.29 bits per heavy atom. The number of sulfone groups is 1. The van der Waals surface area contributed by atoms with Gasteiger partial charge in [0.25, 0.3) is 0 Å². The summed E-state index contributed by atoms with van der Waals surface area (Å²) in [5.41, 5.74) is 0.184. The smallest absolute Gasteiger partial charge is 0.320 e. The lowest BCUT2D eigenvalue weighted by Crippen LogP contribution is -2.48. The van der Waals surface area contributed by atoms with Gasteiger partial charge < -0.3 is 10.1 Å². The summed E-state index contributed by atoms with van der Waals surface area (Å²) in [4.78, 5) is 12.2. The minimum atomic E-state index is -3.06. The fourth-order valence-corrected chi connectivity index (χ4v) is 5.40. The minimum Gasteiger partial charge on any atom is -0.381 e. The number of nitrogens with zero attached hydrogens (tertiary/aromatic N) is 2. The van der Waals surface area contributed by atoms with E-state index in [0.717, 1.165) is 25.1 Å². The highest BCUT2D eigenvalue weighted by molar-refractivity contribution is 7.91. The van der Waals surface area contributed by atoms with E-state index in [9.17, 15) is 13.2 Å². The molecule has 0 bridgehead atoms. The van der Waals surface area contributed by atoms with Gasteiger partial charge in [0.05, 0.1) is 29.3 Å². The minimum absolute atomic E-state index is 0.0243. The summed E-state index contributed by atoms with van der Waals surface area (Å²) < 4.78 is 30.3. The molecule has 2 amide bonds. The third-order valence-electron chi connectivity index (χ3n) is 4.64. The summed E-state index contributed by atoms with van der Waals surface area (Å²) >= 11 is 0. The molecule has 2 fully saturated rings. The van der Waals surface area contributed by atoms with E-state index >= 15 is 0 Å². The van der Waals surface area contributed by atoms with E-state index in [1.807, 2.05) is 6.07 Å². The molecule has 2 N–H and O–H groups in total. The van der Waals surface area contributed by atoms with E-state index in [1.54, 1.807) is 18.7 Å². The summed E-state index contributed by atoms with van der Waals surface area (Å²) in [6.07, 6.45) is 2.47. The molecule has 2 atom stereocenters. The van der Waals surface area contributed by atoms with Gasteiger partial charge in [0.15, 0.2) is 9.84 Å². The quantitative estimate of drug-likeness (QED) is 0.841. The maximum atomic E-state index is 12.2. The largest absolute Gasteiger partial charge is 0.381 e. The third-order valence-corrected chi connectivity index (χ3v) is 6.54. The van der Waals surface area contributed by atoms with E-state index in [2.05, 4.69) is 15.7 Å². The first kappa shape index (κ1) is 17.2. The number of urea groups is 1. The highest BCUT2D eigenvalue weighted by Crippen LogP contribution is 2.26. The van der Waals surface area contributed by atoms with Gasteiger partial charge >= 0.3 is 6.03 Å². The van der Waals surface area contributed by atoms with Crippen molar-refractivity contribution in [2.45, 2.75) is 37.6 Å². The van der Waals surface area contributed by atoms with Gasteiger partial charge in [-0.3, -0.25) is 10.00 Å². The van der Waals surface area contributed by atoms with Crippen molar-refractivity contribution >= 4 is 21.7 Å². The zero-order valence-electron chi connectivity index (χ0n) is 14.0. The Labute approximate surface area is 141 Å². The predicted molar refractivity (Wildman–Crippen MR) is 89.8 cm³/mol. The van der Waals surface area contributed by atoms with Gasteiger partial charge in [-0.2, -0.15) is 5.10 Å². The molecule has 9 heteroatoms. The average Bonchev–Trinajstić information content (AvgIpc) is 2.99. The van der Waals surface area contributed by atoms with Gasteiger partial charge in [-0.1, -0.05) is 0 Å². The molecule has 3 rings (SSSR count). The van der Waals surface area contributed by atoms with Crippen LogP contribution in [0.5, 0.6) is 0 Å². The standard InChI is InChI=1S/C15H24N4O4S/c1-15(5-7-24(21,22)10-15)17-14(20)16-13-8-12(18-19(13)2)11-4-3-6-23-9-11/h8,11H,3-7,9-10H2,1-2H3,(H2,16,17,20). The lowest BCUT2D eigenvalue weighted by atomic mass is 9.99. The van der Waals surface area contributed by atoms with Crippen LogP contribution in [0.4, 0.5) is 10.6 Å². The molecule has 24 heavy (non-hydrogen) atoms. The Hall–Kier alpha value is -1.61. The molecular formula is C15H24N4O4S. The van der Waals surface area contributed by atoms with Crippen molar-refractivity contribution < 1.29 is 17.9 Å². The van der Waals surface area contributed by atoms with Crippen LogP contribution in [0.25, 0.3) is 0 Å². The average molecular weight is 356 g/mol. The lowest BCUT2D eigenvalue weighted by Gasteiger charge is -2.23. The van der Waals surface area contributed by atoms with E-state index < -0.39 is 21.4 Å². The van der Waals surface area contributed by atoms with Gasteiger partial charge in [-0.15, -0.1) is 0 Å². The summed E-state index contributed by atoms with van der Waals surface area (Å²) in [5.74, 6) is 0.920. The number of amides is 2. The van der Waals surface area contributed by atoms with Crippen molar-refractivity contribution in [2.24, 2.45) is 7.05 Å². The number of aryl methyl sites for hydroxylation is 1. The number of hydrogen-bond donors (Lipinski definition) is 2. The lowest BCUT2D eigenvalue weighted by molar-refractivity contribution is 0.0791. The molecule has 0 spiro atoms. The van der Waals surface area contributed by atoms with Crippen LogP contribution in [-0.2, 0) is 21.6 Å². The van der Waals surface area contributed by atoms with Crippen LogP contribution in [0, 0.1) is 0 Å². The van der Waals surface area contributed by atoms with Crippen molar-refractivity contribution in [2.75, 3.05) is 30.0 Å². The Morgan fingerprint density at radius 1 is 1.50 bits per heavy atom. The van der Waals surface area contributed by atoms with Crippen LogP contribution >= 0.6 is 0 Å². The summed E-state index contributed by atoms with van der Waals surface area (Å²) in [6, 6.07) is 1.44. The topological polar surface area (TPSA) is 102 Å². The molecule has 0 aromatic carbocycles. The van der Waals surface area contributed by atoms with Crippen LogP contribution < -0.4 is 10.6 Å². The molecule has 3 heterocycles. The second-order valence-corrected chi connectivity index (χ2v) is 9.16. The molecule has 134 valence electrons. The SMILES string of the molecule is Cn1nc(C2CCCOC2)cc1NC(=O)NC1(C)CCS(=O)(=O)C1. The van der Waals surface area contributed by atoms with Crippen LogP contribution in [0.3, 0.4) is 0 Å². The number of carbonyl (C=O) groups excluding carboxylic acids is 1. The Bertz CT molecular complexity index is 724. The number of anilines is 1. The third kappa shape index (κ3) is 3.89. The summed E-state index contributed by atoms with van der Waals surface area (Å²) in [6.45, 7) is 3.20. The first-order chi connectivity index (χ1) is 11.3. The van der Waals surface area contributed by atoms with Crippen LogP contribution in [0.2, 0.25) is 0 Å². The molecular weight excluding hydrogens is 332 g/mol. The highest BCUT2D eigenvalue weighted by atomic mass is 32.2. The van der Waals surface area contributed by atoms with Crippen LogP contribution in [0.15, 0.2) is 6.07 Å². The monoisotopic (exact) mass is 356 g/mol. The van der Waals surface area contributed by atoms with Crippen molar-refractivity contribution in [1.29, 1.82) is 0 Å². The van der Waals surface area contributed by atoms with Gasteiger partial charge in [0.2, 0.25) is 0 Å². The van der Waals surface area contributed by atoms with E-state index in [1.165, 1.54) is 0 Å². The number of ether oxygens (including phenoxy) is 1. The normalized spacial score (nSPS) is 29.3. The Kier molecular flexibility index (Phi) is 4.56. The van der Waals surface area contributed by atoms with Gasteiger partial charge in [0.1, 0.15) is 5.82 Å². The van der Waals surface area contributed by atoms with Crippen LogP contribution in [-0.4, -0.2) is 54.5 Å². The fraction of sp³-hybridized carbons (Fsp3) is 0.733. The zero-order chi connectivity index (χ0) is 17.4. The molecule has 0 aliphatic carbocycles. The number of nitrogens with one attached hydrogen (secondary N) is 2. The number of aromatic nitrogens is 2. The summed E-state index contributed by atoms with van der Waals surface area (Å²) in [7, 11) is -1.30. The molecule has 1 aromatic rings. The first-order valence-corrected chi connectivity index (χ1v) is 10.00. The maximum absolute atomic E-state index is 12.2. The Morgan fingerprint density at radius 3 is 2.92 bits per heavy atom. The summed E-state index contributed by atoms with van der Waals surface area (Å²) in [5, 5.41) is 10.0. The van der Waals surface area contributed by atoms with E-state index in [-0.39, 0.29) is 17.4 Å². The second kappa shape index (κ2) is 6.36. The molecule has 0 saturated carbocycles. The number of carbonyl (C=O) groups is 1. The number of hydrogen-bond acceptors (Lipinski definition) is 5. The second-order valence-electron chi connectivity index (χ2n) is 6.97. The van der Waals surface area contributed by atoms with E-state index in [4.69, 9.17) is 4.74 Å². The molecule has 2 saturated heterocycles. The van der Waals surface area contributed by atoms with Gasteiger partial charge in [0, 0.05) is 25.6 Å². The first-order valence-electron chi connectivity index (χ1n) is 8.18. The predicted octanol–water partition coefficient (Wildman–Crippen LogP) is 1.01. The van der Waals surface area contributed by atoms with Crippen molar-refractivity contribution in [1.82, 2.24) is 15.1 Å². The number of rotatable bonds is 3. The van der Waals surface area contributed by atoms with Crippen molar-refractivity contribution in [3.05, 3.63) is 11.8 Å². The molecule has 2 aliphatic heterocycles. The fourth-order valence-electron chi connectivity index (χ4n) is 3.31. The molecule has 2 aliphatic rings. The van der Waals surface area contributed by atoms with Crippen LogP contribution in [0.1, 0.15) is 37.8 Å². The Balaban J connectivity index is 1.63.